The van der Waals surface area contributed by atoms with E-state index in [-0.39, 0.29) is 11.9 Å². The Morgan fingerprint density at radius 2 is 1.94 bits per heavy atom. The molecule has 1 amide bonds. The predicted molar refractivity (Wildman–Crippen MR) is 135 cm³/mol. The second-order valence-electron chi connectivity index (χ2n) is 7.86. The van der Waals surface area contributed by atoms with Crippen LogP contribution in [0.3, 0.4) is 0 Å². The summed E-state index contributed by atoms with van der Waals surface area (Å²) in [4.78, 5) is 25.7. The van der Waals surface area contributed by atoms with Gasteiger partial charge < -0.3 is 22.1 Å². The second-order valence-corrected chi connectivity index (χ2v) is 7.86. The molecule has 0 aliphatic heterocycles. The second kappa shape index (κ2) is 10.5. The maximum atomic E-state index is 12.6. The van der Waals surface area contributed by atoms with E-state index < -0.39 is 0 Å². The third-order valence-corrected chi connectivity index (χ3v) is 5.29. The number of hydrogen-bond acceptors (Lipinski definition) is 5. The minimum atomic E-state index is -0.103. The Kier molecular flexibility index (Phi) is 7.02. The number of imidazole rings is 1. The van der Waals surface area contributed by atoms with Gasteiger partial charge in [0, 0.05) is 37.2 Å². The number of nitrogens with two attached hydrogens (primary N) is 2. The fraction of sp³-hybridized carbons (Fsp3) is 0.200. The third-order valence-electron chi connectivity index (χ3n) is 5.29. The highest BCUT2D eigenvalue weighted by molar-refractivity contribution is 5.94. The van der Waals surface area contributed by atoms with Gasteiger partial charge in [0.05, 0.1) is 11.3 Å². The molecule has 9 heteroatoms. The average Bonchev–Trinajstić information content (AvgIpc) is 3.21. The van der Waals surface area contributed by atoms with Crippen molar-refractivity contribution in [2.45, 2.75) is 26.3 Å². The van der Waals surface area contributed by atoms with E-state index in [2.05, 4.69) is 27.5 Å². The van der Waals surface area contributed by atoms with Crippen LogP contribution in [0.4, 0.5) is 11.5 Å². The number of anilines is 1. The van der Waals surface area contributed by atoms with E-state index in [4.69, 9.17) is 16.5 Å². The molecule has 0 saturated carbocycles. The molecular formula is C25H28N8O. The summed E-state index contributed by atoms with van der Waals surface area (Å²) in [6.07, 6.45) is 7.28. The van der Waals surface area contributed by atoms with Crippen LogP contribution in [0.15, 0.2) is 72.1 Å². The molecule has 0 unspecified atom stereocenters. The van der Waals surface area contributed by atoms with E-state index in [0.29, 0.717) is 24.3 Å². The Labute approximate surface area is 197 Å². The topological polar surface area (TPSA) is 136 Å². The number of amides is 1. The van der Waals surface area contributed by atoms with Gasteiger partial charge in [-0.15, -0.1) is 0 Å². The number of benzene rings is 1. The highest BCUT2D eigenvalue weighted by Crippen LogP contribution is 2.29. The Hall–Kier alpha value is -4.40. The SMILES string of the molecule is CCCCNC(=O)c1ccc2nc(-c3cccnc3)c(NCc3ccc(N=C(N)N)cc3)n2c1. The summed E-state index contributed by atoms with van der Waals surface area (Å²) in [6, 6.07) is 15.1. The molecule has 3 aromatic heterocycles. The number of hydrogen-bond donors (Lipinski definition) is 4. The van der Waals surface area contributed by atoms with Gasteiger partial charge in [0.15, 0.2) is 5.96 Å². The molecule has 0 saturated heterocycles. The summed E-state index contributed by atoms with van der Waals surface area (Å²) in [5.74, 6) is 0.694. The van der Waals surface area contributed by atoms with Crippen molar-refractivity contribution in [2.24, 2.45) is 16.5 Å². The number of unbranched alkanes of at least 4 members (excludes halogenated alkanes) is 1. The lowest BCUT2D eigenvalue weighted by Crippen LogP contribution is -2.24. The molecule has 0 bridgehead atoms. The van der Waals surface area contributed by atoms with Crippen molar-refractivity contribution < 1.29 is 4.79 Å². The first-order valence-electron chi connectivity index (χ1n) is 11.2. The highest BCUT2D eigenvalue weighted by Gasteiger charge is 2.16. The van der Waals surface area contributed by atoms with E-state index in [1.165, 1.54) is 0 Å². The molecule has 4 rings (SSSR count). The molecule has 174 valence electrons. The maximum Gasteiger partial charge on any atom is 0.252 e. The fourth-order valence-electron chi connectivity index (χ4n) is 3.56. The number of guanidine groups is 1. The fourth-order valence-corrected chi connectivity index (χ4v) is 3.56. The van der Waals surface area contributed by atoms with Crippen LogP contribution in [0.5, 0.6) is 0 Å². The zero-order valence-electron chi connectivity index (χ0n) is 19.0. The minimum Gasteiger partial charge on any atom is -0.370 e. The van der Waals surface area contributed by atoms with Crippen molar-refractivity contribution >= 4 is 29.0 Å². The third kappa shape index (κ3) is 5.32. The first kappa shape index (κ1) is 22.8. The molecule has 9 nitrogen and oxygen atoms in total. The quantitative estimate of drug-likeness (QED) is 0.173. The van der Waals surface area contributed by atoms with Crippen LogP contribution < -0.4 is 22.1 Å². The van der Waals surface area contributed by atoms with Crippen molar-refractivity contribution in [3.05, 3.63) is 78.2 Å². The normalized spacial score (nSPS) is 10.7. The summed E-state index contributed by atoms with van der Waals surface area (Å²) < 4.78 is 1.91. The molecule has 0 radical (unpaired) electrons. The van der Waals surface area contributed by atoms with Gasteiger partial charge in [-0.1, -0.05) is 25.5 Å². The number of aromatic nitrogens is 3. The molecule has 4 aromatic rings. The number of nitrogens with zero attached hydrogens (tertiary/aromatic N) is 4. The molecule has 0 atom stereocenters. The number of nitrogens with one attached hydrogen (secondary N) is 2. The molecule has 0 spiro atoms. The maximum absolute atomic E-state index is 12.6. The molecular weight excluding hydrogens is 428 g/mol. The van der Waals surface area contributed by atoms with Gasteiger partial charge in [-0.25, -0.2) is 9.98 Å². The van der Waals surface area contributed by atoms with Gasteiger partial charge >= 0.3 is 0 Å². The van der Waals surface area contributed by atoms with Crippen LogP contribution in [-0.4, -0.2) is 32.8 Å². The zero-order valence-corrected chi connectivity index (χ0v) is 19.0. The first-order chi connectivity index (χ1) is 16.5. The van der Waals surface area contributed by atoms with Crippen LogP contribution in [0.1, 0.15) is 35.7 Å². The number of aliphatic imine (C=N–C) groups is 1. The summed E-state index contributed by atoms with van der Waals surface area (Å²) in [6.45, 7) is 3.28. The van der Waals surface area contributed by atoms with Crippen LogP contribution in [0.2, 0.25) is 0 Å². The smallest absolute Gasteiger partial charge is 0.252 e. The number of pyridine rings is 2. The van der Waals surface area contributed by atoms with Crippen LogP contribution in [0.25, 0.3) is 16.9 Å². The predicted octanol–water partition coefficient (Wildman–Crippen LogP) is 3.44. The molecule has 3 heterocycles. The summed E-state index contributed by atoms with van der Waals surface area (Å²) in [7, 11) is 0. The molecule has 34 heavy (non-hydrogen) atoms. The lowest BCUT2D eigenvalue weighted by Gasteiger charge is -2.10. The van der Waals surface area contributed by atoms with Gasteiger partial charge in [-0.2, -0.15) is 0 Å². The van der Waals surface area contributed by atoms with E-state index in [9.17, 15) is 4.79 Å². The van der Waals surface area contributed by atoms with Crippen molar-refractivity contribution in [3.63, 3.8) is 0 Å². The average molecular weight is 457 g/mol. The standard InChI is InChI=1S/C25H28N8O/c1-2-3-13-29-24(34)19-8-11-21-32-22(18-5-4-12-28-15-18)23(33(21)16-19)30-14-17-6-9-20(10-7-17)31-25(26)27/h4-12,15-16,30H,2-3,13-14H2,1H3,(H,29,34)(H4,26,27,31). The van der Waals surface area contributed by atoms with Gasteiger partial charge in [-0.3, -0.25) is 14.2 Å². The van der Waals surface area contributed by atoms with Gasteiger partial charge in [0.1, 0.15) is 17.2 Å². The first-order valence-corrected chi connectivity index (χ1v) is 11.2. The molecule has 0 aliphatic rings. The lowest BCUT2D eigenvalue weighted by atomic mass is 10.2. The van der Waals surface area contributed by atoms with Crippen molar-refractivity contribution in [2.75, 3.05) is 11.9 Å². The van der Waals surface area contributed by atoms with E-state index in [0.717, 1.165) is 41.1 Å². The van der Waals surface area contributed by atoms with Crippen molar-refractivity contribution in [1.82, 2.24) is 19.7 Å². The van der Waals surface area contributed by atoms with Crippen LogP contribution in [-0.2, 0) is 6.54 Å². The lowest BCUT2D eigenvalue weighted by molar-refractivity contribution is 0.0952. The number of carbonyl (C=O) groups excluding carboxylic acids is 1. The van der Waals surface area contributed by atoms with Crippen LogP contribution >= 0.6 is 0 Å². The van der Waals surface area contributed by atoms with E-state index >= 15 is 0 Å². The Morgan fingerprint density at radius 3 is 2.65 bits per heavy atom. The zero-order chi connectivity index (χ0) is 23.9. The van der Waals surface area contributed by atoms with E-state index in [1.54, 1.807) is 18.5 Å². The number of fused-ring (bicyclic) bond motifs is 1. The Morgan fingerprint density at radius 1 is 1.12 bits per heavy atom. The van der Waals surface area contributed by atoms with Gasteiger partial charge in [-0.05, 0) is 48.4 Å². The summed E-state index contributed by atoms with van der Waals surface area (Å²) in [5, 5.41) is 6.45. The van der Waals surface area contributed by atoms with Crippen molar-refractivity contribution in [1.29, 1.82) is 0 Å². The molecule has 6 N–H and O–H groups in total. The molecule has 0 aliphatic carbocycles. The van der Waals surface area contributed by atoms with Crippen molar-refractivity contribution in [3.8, 4) is 11.3 Å². The Balaban J connectivity index is 1.66. The molecule has 0 fully saturated rings. The minimum absolute atomic E-state index is 0.0206. The summed E-state index contributed by atoms with van der Waals surface area (Å²) in [5.41, 5.74) is 15.6. The molecule has 1 aromatic carbocycles. The van der Waals surface area contributed by atoms with Gasteiger partial charge in [0.25, 0.3) is 5.91 Å². The Bertz CT molecular complexity index is 1290. The van der Waals surface area contributed by atoms with Crippen LogP contribution in [0, 0.1) is 0 Å². The highest BCUT2D eigenvalue weighted by atomic mass is 16.1. The monoisotopic (exact) mass is 456 g/mol. The number of rotatable bonds is 9. The van der Waals surface area contributed by atoms with Gasteiger partial charge in [0.2, 0.25) is 0 Å². The summed E-state index contributed by atoms with van der Waals surface area (Å²) >= 11 is 0. The number of carbonyl (C=O) groups is 1. The van der Waals surface area contributed by atoms with E-state index in [1.807, 2.05) is 53.1 Å². The largest absolute Gasteiger partial charge is 0.370 e.